The van der Waals surface area contributed by atoms with Crippen LogP contribution in [0.15, 0.2) is 30.3 Å². The van der Waals surface area contributed by atoms with Crippen molar-refractivity contribution in [2.45, 2.75) is 39.2 Å². The molecule has 3 heteroatoms. The van der Waals surface area contributed by atoms with Crippen molar-refractivity contribution in [2.24, 2.45) is 11.3 Å². The lowest BCUT2D eigenvalue weighted by Crippen LogP contribution is -2.39. The zero-order valence-corrected chi connectivity index (χ0v) is 11.5. The number of carbonyl (C=O) groups is 1. The second-order valence-corrected chi connectivity index (χ2v) is 5.75. The maximum absolute atomic E-state index is 11.5. The molecule has 1 aromatic rings. The second-order valence-electron chi connectivity index (χ2n) is 5.75. The van der Waals surface area contributed by atoms with Crippen molar-refractivity contribution in [1.29, 1.82) is 0 Å². The average Bonchev–Trinajstić information content (AvgIpc) is 2.42. The molecule has 0 bridgehead atoms. The van der Waals surface area contributed by atoms with E-state index in [9.17, 15) is 9.90 Å². The van der Waals surface area contributed by atoms with Crippen LogP contribution in [-0.4, -0.2) is 17.7 Å². The number of rotatable bonds is 5. The molecule has 104 valence electrons. The molecule has 0 radical (unpaired) electrons. The van der Waals surface area contributed by atoms with E-state index in [0.717, 1.165) is 31.2 Å². The van der Waals surface area contributed by atoms with Crippen LogP contribution in [0.1, 0.15) is 38.2 Å². The van der Waals surface area contributed by atoms with Gasteiger partial charge in [0.05, 0.1) is 18.6 Å². The van der Waals surface area contributed by atoms with E-state index in [1.807, 2.05) is 30.3 Å². The van der Waals surface area contributed by atoms with Crippen molar-refractivity contribution >= 4 is 5.97 Å². The van der Waals surface area contributed by atoms with Crippen LogP contribution in [0.2, 0.25) is 0 Å². The Labute approximate surface area is 114 Å². The van der Waals surface area contributed by atoms with Gasteiger partial charge in [-0.05, 0) is 37.2 Å². The third-order valence-electron chi connectivity index (χ3n) is 4.17. The summed E-state index contributed by atoms with van der Waals surface area (Å²) in [5.74, 6) is -0.0611. The van der Waals surface area contributed by atoms with E-state index in [4.69, 9.17) is 4.74 Å². The molecule has 0 aromatic heterocycles. The molecule has 0 heterocycles. The van der Waals surface area contributed by atoms with Crippen LogP contribution >= 0.6 is 0 Å². The molecule has 1 fully saturated rings. The maximum atomic E-state index is 11.5. The Bertz CT molecular complexity index is 405. The third-order valence-corrected chi connectivity index (χ3v) is 4.17. The largest absolute Gasteiger partial charge is 0.481 e. The van der Waals surface area contributed by atoms with Crippen molar-refractivity contribution in [2.75, 3.05) is 6.61 Å². The van der Waals surface area contributed by atoms with Gasteiger partial charge in [-0.3, -0.25) is 4.79 Å². The van der Waals surface area contributed by atoms with E-state index in [0.29, 0.717) is 19.1 Å². The zero-order chi connectivity index (χ0) is 13.7. The Morgan fingerprint density at radius 3 is 2.53 bits per heavy atom. The Hall–Kier alpha value is -1.35. The van der Waals surface area contributed by atoms with Gasteiger partial charge in [-0.25, -0.2) is 0 Å². The summed E-state index contributed by atoms with van der Waals surface area (Å²) in [5, 5.41) is 9.49. The highest BCUT2D eigenvalue weighted by Gasteiger charge is 2.41. The van der Waals surface area contributed by atoms with Crippen molar-refractivity contribution in [3.8, 4) is 0 Å². The summed E-state index contributed by atoms with van der Waals surface area (Å²) in [7, 11) is 0. The van der Waals surface area contributed by atoms with E-state index >= 15 is 0 Å². The molecule has 0 aliphatic heterocycles. The monoisotopic (exact) mass is 262 g/mol. The fourth-order valence-electron chi connectivity index (χ4n) is 2.67. The quantitative estimate of drug-likeness (QED) is 0.883. The summed E-state index contributed by atoms with van der Waals surface area (Å²) in [6, 6.07) is 9.89. The fraction of sp³-hybridized carbons (Fsp3) is 0.562. The van der Waals surface area contributed by atoms with Crippen LogP contribution in [0.3, 0.4) is 0 Å². The first kappa shape index (κ1) is 14.1. The van der Waals surface area contributed by atoms with Gasteiger partial charge in [0, 0.05) is 0 Å². The zero-order valence-electron chi connectivity index (χ0n) is 11.5. The van der Waals surface area contributed by atoms with Crippen LogP contribution in [0.5, 0.6) is 0 Å². The van der Waals surface area contributed by atoms with Gasteiger partial charge >= 0.3 is 5.97 Å². The SMILES string of the molecule is CC1CCC(COCc2ccccc2)(C(=O)O)CC1. The van der Waals surface area contributed by atoms with Crippen LogP contribution in [-0.2, 0) is 16.1 Å². The highest BCUT2D eigenvalue weighted by Crippen LogP contribution is 2.39. The van der Waals surface area contributed by atoms with Gasteiger partial charge in [-0.1, -0.05) is 37.3 Å². The van der Waals surface area contributed by atoms with Gasteiger partial charge in [0.2, 0.25) is 0 Å². The number of ether oxygens (including phenoxy) is 1. The van der Waals surface area contributed by atoms with Gasteiger partial charge in [0.25, 0.3) is 0 Å². The molecule has 0 saturated heterocycles. The van der Waals surface area contributed by atoms with E-state index in [-0.39, 0.29) is 0 Å². The highest BCUT2D eigenvalue weighted by molar-refractivity contribution is 5.74. The van der Waals surface area contributed by atoms with E-state index in [2.05, 4.69) is 6.92 Å². The molecule has 2 rings (SSSR count). The van der Waals surface area contributed by atoms with Gasteiger partial charge in [0.15, 0.2) is 0 Å². The molecule has 0 amide bonds. The smallest absolute Gasteiger partial charge is 0.311 e. The van der Waals surface area contributed by atoms with E-state index < -0.39 is 11.4 Å². The average molecular weight is 262 g/mol. The number of aliphatic carboxylic acids is 1. The molecule has 0 unspecified atom stereocenters. The van der Waals surface area contributed by atoms with Crippen LogP contribution in [0.25, 0.3) is 0 Å². The lowest BCUT2D eigenvalue weighted by Gasteiger charge is -2.35. The summed E-state index contributed by atoms with van der Waals surface area (Å²) < 4.78 is 5.68. The molecule has 1 aliphatic rings. The van der Waals surface area contributed by atoms with Crippen molar-refractivity contribution in [1.82, 2.24) is 0 Å². The first-order valence-electron chi connectivity index (χ1n) is 6.97. The normalized spacial score (nSPS) is 27.1. The minimum atomic E-state index is -0.701. The highest BCUT2D eigenvalue weighted by atomic mass is 16.5. The predicted molar refractivity (Wildman–Crippen MR) is 73.8 cm³/mol. The molecule has 1 aromatic carbocycles. The fourth-order valence-corrected chi connectivity index (χ4v) is 2.67. The lowest BCUT2D eigenvalue weighted by molar-refractivity contribution is -0.156. The van der Waals surface area contributed by atoms with E-state index in [1.165, 1.54) is 0 Å². The van der Waals surface area contributed by atoms with Crippen LogP contribution < -0.4 is 0 Å². The number of benzene rings is 1. The Balaban J connectivity index is 1.89. The maximum Gasteiger partial charge on any atom is 0.311 e. The summed E-state index contributed by atoms with van der Waals surface area (Å²) >= 11 is 0. The molecule has 1 N–H and O–H groups in total. The number of hydrogen-bond acceptors (Lipinski definition) is 2. The van der Waals surface area contributed by atoms with Crippen molar-refractivity contribution < 1.29 is 14.6 Å². The molecule has 19 heavy (non-hydrogen) atoms. The Morgan fingerprint density at radius 2 is 1.95 bits per heavy atom. The van der Waals surface area contributed by atoms with Gasteiger partial charge in [-0.15, -0.1) is 0 Å². The number of carboxylic acids is 1. The molecule has 1 aliphatic carbocycles. The second kappa shape index (κ2) is 6.20. The van der Waals surface area contributed by atoms with Crippen LogP contribution in [0.4, 0.5) is 0 Å². The third kappa shape index (κ3) is 3.57. The first-order chi connectivity index (χ1) is 9.12. The number of carboxylic acid groups (broad SMARTS) is 1. The number of hydrogen-bond donors (Lipinski definition) is 1. The Morgan fingerprint density at radius 1 is 1.32 bits per heavy atom. The van der Waals surface area contributed by atoms with Gasteiger partial charge < -0.3 is 9.84 Å². The molecule has 0 atom stereocenters. The molecular weight excluding hydrogens is 240 g/mol. The van der Waals surface area contributed by atoms with Crippen molar-refractivity contribution in [3.05, 3.63) is 35.9 Å². The minimum absolute atomic E-state index is 0.323. The first-order valence-corrected chi connectivity index (χ1v) is 6.97. The van der Waals surface area contributed by atoms with Gasteiger partial charge in [-0.2, -0.15) is 0 Å². The molecule has 0 spiro atoms. The molecular formula is C16H22O3. The Kier molecular flexibility index (Phi) is 4.59. The topological polar surface area (TPSA) is 46.5 Å². The van der Waals surface area contributed by atoms with E-state index in [1.54, 1.807) is 0 Å². The summed E-state index contributed by atoms with van der Waals surface area (Å²) in [5.41, 5.74) is 0.425. The molecule has 1 saturated carbocycles. The predicted octanol–water partition coefficient (Wildman–Crippen LogP) is 3.48. The van der Waals surface area contributed by atoms with Crippen molar-refractivity contribution in [3.63, 3.8) is 0 Å². The minimum Gasteiger partial charge on any atom is -0.481 e. The summed E-state index contributed by atoms with van der Waals surface area (Å²) in [4.78, 5) is 11.5. The summed E-state index contributed by atoms with van der Waals surface area (Å²) in [6.07, 6.45) is 3.44. The van der Waals surface area contributed by atoms with Gasteiger partial charge in [0.1, 0.15) is 0 Å². The lowest BCUT2D eigenvalue weighted by atomic mass is 9.71. The van der Waals surface area contributed by atoms with Crippen LogP contribution in [0, 0.1) is 11.3 Å². The molecule has 3 nitrogen and oxygen atoms in total. The standard InChI is InChI=1S/C16H22O3/c1-13-7-9-16(10-8-13,15(17)18)12-19-11-14-5-3-2-4-6-14/h2-6,13H,7-12H2,1H3,(H,17,18). The summed E-state index contributed by atoms with van der Waals surface area (Å²) in [6.45, 7) is 3.01.